The van der Waals surface area contributed by atoms with Gasteiger partial charge in [-0.15, -0.1) is 12.4 Å². The van der Waals surface area contributed by atoms with Crippen LogP contribution in [0.15, 0.2) is 4.52 Å². The van der Waals surface area contributed by atoms with Gasteiger partial charge < -0.3 is 14.7 Å². The number of anilines is 1. The highest BCUT2D eigenvalue weighted by Crippen LogP contribution is 2.16. The Labute approximate surface area is 95.6 Å². The van der Waals surface area contributed by atoms with E-state index in [0.717, 1.165) is 38.0 Å². The Balaban J connectivity index is 0.00000112. The molecule has 86 valence electrons. The minimum Gasteiger partial charge on any atom is -0.337 e. The summed E-state index contributed by atoms with van der Waals surface area (Å²) in [7, 11) is 0. The van der Waals surface area contributed by atoms with E-state index in [0.29, 0.717) is 5.92 Å². The fourth-order valence-electron chi connectivity index (χ4n) is 1.45. The van der Waals surface area contributed by atoms with Gasteiger partial charge in [0.15, 0.2) is 0 Å². The van der Waals surface area contributed by atoms with E-state index >= 15 is 0 Å². The van der Waals surface area contributed by atoms with Crippen LogP contribution < -0.4 is 10.2 Å². The molecule has 1 saturated heterocycles. The highest BCUT2D eigenvalue weighted by Gasteiger charge is 2.17. The summed E-state index contributed by atoms with van der Waals surface area (Å²) >= 11 is 0. The highest BCUT2D eigenvalue weighted by molar-refractivity contribution is 5.85. The van der Waals surface area contributed by atoms with Gasteiger partial charge in [0.2, 0.25) is 5.89 Å². The van der Waals surface area contributed by atoms with Crippen LogP contribution in [0, 0.1) is 0 Å². The molecule has 0 bridgehead atoms. The molecular weight excluding hydrogens is 216 g/mol. The van der Waals surface area contributed by atoms with Gasteiger partial charge in [0.1, 0.15) is 0 Å². The normalized spacial score (nSPS) is 16.6. The zero-order valence-electron chi connectivity index (χ0n) is 9.06. The summed E-state index contributed by atoms with van der Waals surface area (Å²) in [5, 5.41) is 7.26. The fraction of sp³-hybridized carbons (Fsp3) is 0.778. The summed E-state index contributed by atoms with van der Waals surface area (Å²) in [4.78, 5) is 6.50. The molecule has 0 saturated carbocycles. The average Bonchev–Trinajstić information content (AvgIpc) is 2.68. The van der Waals surface area contributed by atoms with Crippen molar-refractivity contribution in [3.8, 4) is 0 Å². The van der Waals surface area contributed by atoms with Crippen LogP contribution in [0.25, 0.3) is 0 Å². The first-order chi connectivity index (χ1) is 6.77. The number of halogens is 1. The SMILES string of the molecule is CC(C)c1nc(N2CCNCC2)no1.Cl. The van der Waals surface area contributed by atoms with Crippen LogP contribution in [0.5, 0.6) is 0 Å². The summed E-state index contributed by atoms with van der Waals surface area (Å²) in [6.45, 7) is 8.00. The standard InChI is InChI=1S/C9H16N4O.ClH/c1-7(2)8-11-9(12-14-8)13-5-3-10-4-6-13;/h7,10H,3-6H2,1-2H3;1H. The fourth-order valence-corrected chi connectivity index (χ4v) is 1.45. The van der Waals surface area contributed by atoms with Crippen molar-refractivity contribution in [1.82, 2.24) is 15.5 Å². The van der Waals surface area contributed by atoms with Crippen LogP contribution >= 0.6 is 12.4 Å². The number of piperazine rings is 1. The second-order valence-corrected chi connectivity index (χ2v) is 3.82. The number of rotatable bonds is 2. The molecule has 0 atom stereocenters. The van der Waals surface area contributed by atoms with Gasteiger partial charge in [0.25, 0.3) is 5.95 Å². The number of hydrogen-bond donors (Lipinski definition) is 1. The first-order valence-corrected chi connectivity index (χ1v) is 5.06. The van der Waals surface area contributed by atoms with E-state index in [1.165, 1.54) is 0 Å². The van der Waals surface area contributed by atoms with E-state index in [4.69, 9.17) is 4.52 Å². The molecule has 0 aliphatic carbocycles. The van der Waals surface area contributed by atoms with E-state index < -0.39 is 0 Å². The number of nitrogens with one attached hydrogen (secondary N) is 1. The molecular formula is C9H17ClN4O. The molecule has 0 spiro atoms. The van der Waals surface area contributed by atoms with Crippen molar-refractivity contribution in [1.29, 1.82) is 0 Å². The minimum atomic E-state index is 0. The van der Waals surface area contributed by atoms with Crippen molar-refractivity contribution in [3.05, 3.63) is 5.89 Å². The van der Waals surface area contributed by atoms with E-state index in [-0.39, 0.29) is 12.4 Å². The predicted molar refractivity (Wildman–Crippen MR) is 60.7 cm³/mol. The molecule has 6 heteroatoms. The lowest BCUT2D eigenvalue weighted by atomic mass is 10.2. The second kappa shape index (κ2) is 5.32. The van der Waals surface area contributed by atoms with E-state index in [2.05, 4.69) is 34.2 Å². The topological polar surface area (TPSA) is 54.2 Å². The lowest BCUT2D eigenvalue weighted by molar-refractivity contribution is 0.364. The zero-order valence-corrected chi connectivity index (χ0v) is 9.88. The third kappa shape index (κ3) is 2.82. The lowest BCUT2D eigenvalue weighted by Crippen LogP contribution is -2.44. The maximum atomic E-state index is 5.16. The Hall–Kier alpha value is -0.810. The van der Waals surface area contributed by atoms with Crippen LogP contribution in [-0.2, 0) is 0 Å². The molecule has 1 aromatic heterocycles. The van der Waals surface area contributed by atoms with Gasteiger partial charge in [-0.3, -0.25) is 0 Å². The molecule has 1 N–H and O–H groups in total. The van der Waals surface area contributed by atoms with Crippen molar-refractivity contribution in [2.75, 3.05) is 31.1 Å². The Kier molecular flexibility index (Phi) is 4.35. The first kappa shape index (κ1) is 12.3. The highest BCUT2D eigenvalue weighted by atomic mass is 35.5. The van der Waals surface area contributed by atoms with Crippen LogP contribution in [0.1, 0.15) is 25.7 Å². The molecule has 1 aromatic rings. The number of nitrogens with zero attached hydrogens (tertiary/aromatic N) is 3. The van der Waals surface area contributed by atoms with Crippen molar-refractivity contribution < 1.29 is 4.52 Å². The van der Waals surface area contributed by atoms with Crippen molar-refractivity contribution in [2.24, 2.45) is 0 Å². The number of aromatic nitrogens is 2. The summed E-state index contributed by atoms with van der Waals surface area (Å²) in [6, 6.07) is 0. The third-order valence-corrected chi connectivity index (χ3v) is 2.32. The van der Waals surface area contributed by atoms with Crippen LogP contribution in [-0.4, -0.2) is 36.3 Å². The zero-order chi connectivity index (χ0) is 9.97. The van der Waals surface area contributed by atoms with Gasteiger partial charge in [-0.05, 0) is 5.16 Å². The summed E-state index contributed by atoms with van der Waals surface area (Å²) in [6.07, 6.45) is 0. The van der Waals surface area contributed by atoms with Crippen molar-refractivity contribution in [2.45, 2.75) is 19.8 Å². The largest absolute Gasteiger partial charge is 0.337 e. The summed E-state index contributed by atoms with van der Waals surface area (Å²) in [5.74, 6) is 1.76. The Morgan fingerprint density at radius 1 is 1.33 bits per heavy atom. The second-order valence-electron chi connectivity index (χ2n) is 3.82. The molecule has 0 unspecified atom stereocenters. The summed E-state index contributed by atoms with van der Waals surface area (Å²) < 4.78 is 5.16. The molecule has 1 aliphatic rings. The monoisotopic (exact) mass is 232 g/mol. The van der Waals surface area contributed by atoms with Gasteiger partial charge in [0.05, 0.1) is 0 Å². The van der Waals surface area contributed by atoms with Gasteiger partial charge >= 0.3 is 0 Å². The van der Waals surface area contributed by atoms with Crippen LogP contribution in [0.3, 0.4) is 0 Å². The molecule has 15 heavy (non-hydrogen) atoms. The maximum absolute atomic E-state index is 5.16. The van der Waals surface area contributed by atoms with Gasteiger partial charge in [0, 0.05) is 32.1 Å². The molecule has 2 heterocycles. The van der Waals surface area contributed by atoms with Gasteiger partial charge in [-0.2, -0.15) is 4.98 Å². The average molecular weight is 233 g/mol. The van der Waals surface area contributed by atoms with E-state index in [9.17, 15) is 0 Å². The smallest absolute Gasteiger partial charge is 0.266 e. The van der Waals surface area contributed by atoms with Gasteiger partial charge in [-0.25, -0.2) is 0 Å². The molecule has 1 fully saturated rings. The Morgan fingerprint density at radius 2 is 2.00 bits per heavy atom. The maximum Gasteiger partial charge on any atom is 0.266 e. The molecule has 0 radical (unpaired) electrons. The van der Waals surface area contributed by atoms with Gasteiger partial charge in [-0.1, -0.05) is 13.8 Å². The van der Waals surface area contributed by atoms with Crippen LogP contribution in [0.2, 0.25) is 0 Å². The van der Waals surface area contributed by atoms with E-state index in [1.54, 1.807) is 0 Å². The predicted octanol–water partition coefficient (Wildman–Crippen LogP) is 1.02. The Bertz CT molecular complexity index is 296. The van der Waals surface area contributed by atoms with Crippen LogP contribution in [0.4, 0.5) is 5.95 Å². The molecule has 5 nitrogen and oxygen atoms in total. The third-order valence-electron chi connectivity index (χ3n) is 2.32. The quantitative estimate of drug-likeness (QED) is 0.825. The summed E-state index contributed by atoms with van der Waals surface area (Å²) in [5.41, 5.74) is 0. The lowest BCUT2D eigenvalue weighted by Gasteiger charge is -2.25. The molecule has 1 aliphatic heterocycles. The Morgan fingerprint density at radius 3 is 2.53 bits per heavy atom. The first-order valence-electron chi connectivity index (χ1n) is 5.06. The molecule has 2 rings (SSSR count). The van der Waals surface area contributed by atoms with E-state index in [1.807, 2.05) is 0 Å². The molecule has 0 aromatic carbocycles. The number of hydrogen-bond acceptors (Lipinski definition) is 5. The molecule has 0 amide bonds. The minimum absolute atomic E-state index is 0. The van der Waals surface area contributed by atoms with Crippen molar-refractivity contribution in [3.63, 3.8) is 0 Å². The van der Waals surface area contributed by atoms with Crippen molar-refractivity contribution >= 4 is 18.4 Å².